The largest absolute Gasteiger partial charge is 0.390 e. The minimum absolute atomic E-state index is 0.222. The van der Waals surface area contributed by atoms with Crippen LogP contribution < -0.4 is 0 Å². The molecular weight excluding hydrogens is 220 g/mol. The highest BCUT2D eigenvalue weighted by molar-refractivity contribution is 5.13. The number of aliphatic hydroxyl groups excluding tert-OH is 2. The van der Waals surface area contributed by atoms with Crippen molar-refractivity contribution >= 4 is 0 Å². The van der Waals surface area contributed by atoms with Crippen LogP contribution in [0.2, 0.25) is 0 Å². The summed E-state index contributed by atoms with van der Waals surface area (Å²) in [6.07, 6.45) is -0.849. The predicted molar refractivity (Wildman–Crippen MR) is 62.2 cm³/mol. The van der Waals surface area contributed by atoms with Crippen molar-refractivity contribution in [3.05, 3.63) is 35.9 Å². The average Bonchev–Trinajstić information content (AvgIpc) is 2.77. The number of hydrogen-bond donors (Lipinski definition) is 2. The third-order valence-electron chi connectivity index (χ3n) is 3.00. The molecule has 1 fully saturated rings. The summed E-state index contributed by atoms with van der Waals surface area (Å²) in [5.41, 5.74) is 1.07. The number of hydrogen-bond acceptors (Lipinski definition) is 4. The van der Waals surface area contributed by atoms with Crippen molar-refractivity contribution in [3.8, 4) is 0 Å². The van der Waals surface area contributed by atoms with Crippen LogP contribution in [0.1, 0.15) is 12.0 Å². The molecule has 4 nitrogen and oxygen atoms in total. The van der Waals surface area contributed by atoms with Gasteiger partial charge in [-0.2, -0.15) is 0 Å². The van der Waals surface area contributed by atoms with Crippen molar-refractivity contribution in [1.82, 2.24) is 0 Å². The fourth-order valence-electron chi connectivity index (χ4n) is 1.97. The fraction of sp³-hybridized carbons (Fsp3) is 0.538. The lowest BCUT2D eigenvalue weighted by atomic mass is 10.0. The SMILES string of the molecule is OC(COCc1ccccc1)C1CCO[C@@H]1O. The Morgan fingerprint density at radius 2 is 2.12 bits per heavy atom. The van der Waals surface area contributed by atoms with Gasteiger partial charge in [0, 0.05) is 5.92 Å². The number of ether oxygens (including phenoxy) is 2. The molecule has 0 saturated carbocycles. The zero-order valence-electron chi connectivity index (χ0n) is 9.66. The molecule has 0 bridgehead atoms. The fourth-order valence-corrected chi connectivity index (χ4v) is 1.97. The zero-order valence-corrected chi connectivity index (χ0v) is 9.66. The standard InChI is InChI=1S/C13H18O4/c14-12(11-6-7-17-13(11)15)9-16-8-10-4-2-1-3-5-10/h1-5,11-15H,6-9H2/t11?,12?,13-/m0/s1. The maximum Gasteiger partial charge on any atom is 0.159 e. The van der Waals surface area contributed by atoms with Gasteiger partial charge in [0.25, 0.3) is 0 Å². The monoisotopic (exact) mass is 238 g/mol. The van der Waals surface area contributed by atoms with Crippen molar-refractivity contribution in [2.45, 2.75) is 25.4 Å². The molecule has 1 aliphatic heterocycles. The van der Waals surface area contributed by atoms with E-state index in [-0.39, 0.29) is 12.5 Å². The summed E-state index contributed by atoms with van der Waals surface area (Å²) in [6.45, 7) is 1.20. The van der Waals surface area contributed by atoms with Crippen LogP contribution in [0.15, 0.2) is 30.3 Å². The number of benzene rings is 1. The Morgan fingerprint density at radius 1 is 1.35 bits per heavy atom. The molecule has 2 N–H and O–H groups in total. The molecule has 0 aliphatic carbocycles. The van der Waals surface area contributed by atoms with Crippen molar-refractivity contribution in [1.29, 1.82) is 0 Å². The quantitative estimate of drug-likeness (QED) is 0.801. The highest BCUT2D eigenvalue weighted by atomic mass is 16.6. The van der Waals surface area contributed by atoms with Gasteiger partial charge in [-0.15, -0.1) is 0 Å². The summed E-state index contributed by atoms with van der Waals surface area (Å²) >= 11 is 0. The van der Waals surface area contributed by atoms with Crippen LogP contribution in [-0.4, -0.2) is 35.8 Å². The van der Waals surface area contributed by atoms with Crippen molar-refractivity contribution in [3.63, 3.8) is 0 Å². The molecule has 17 heavy (non-hydrogen) atoms. The Labute approximate surface area is 101 Å². The molecule has 0 radical (unpaired) electrons. The van der Waals surface area contributed by atoms with Gasteiger partial charge in [0.2, 0.25) is 0 Å². The zero-order chi connectivity index (χ0) is 12.1. The van der Waals surface area contributed by atoms with Crippen LogP contribution in [0.25, 0.3) is 0 Å². The molecule has 0 spiro atoms. The molecule has 1 aromatic carbocycles. The number of aliphatic hydroxyl groups is 2. The second-order valence-electron chi connectivity index (χ2n) is 4.28. The summed E-state index contributed by atoms with van der Waals surface area (Å²) in [7, 11) is 0. The summed E-state index contributed by atoms with van der Waals surface area (Å²) < 4.78 is 10.4. The molecule has 1 aliphatic rings. The van der Waals surface area contributed by atoms with Gasteiger partial charge in [-0.3, -0.25) is 0 Å². The first-order valence-electron chi connectivity index (χ1n) is 5.87. The van der Waals surface area contributed by atoms with E-state index in [1.54, 1.807) is 0 Å². The highest BCUT2D eigenvalue weighted by Gasteiger charge is 2.32. The topological polar surface area (TPSA) is 58.9 Å². The van der Waals surface area contributed by atoms with Gasteiger partial charge in [0.15, 0.2) is 6.29 Å². The predicted octanol–water partition coefficient (Wildman–Crippen LogP) is 0.919. The summed E-state index contributed by atoms with van der Waals surface area (Å²) in [6, 6.07) is 9.79. The maximum absolute atomic E-state index is 9.83. The molecule has 1 heterocycles. The average molecular weight is 238 g/mol. The Hall–Kier alpha value is -0.940. The molecule has 2 rings (SSSR count). The van der Waals surface area contributed by atoms with Crippen molar-refractivity contribution in [2.24, 2.45) is 5.92 Å². The first-order chi connectivity index (χ1) is 8.27. The maximum atomic E-state index is 9.83. The van der Waals surface area contributed by atoms with Gasteiger partial charge >= 0.3 is 0 Å². The van der Waals surface area contributed by atoms with E-state index < -0.39 is 12.4 Å². The smallest absolute Gasteiger partial charge is 0.159 e. The van der Waals surface area contributed by atoms with E-state index in [4.69, 9.17) is 9.47 Å². The molecule has 1 saturated heterocycles. The third kappa shape index (κ3) is 3.51. The van der Waals surface area contributed by atoms with Crippen molar-refractivity contribution in [2.75, 3.05) is 13.2 Å². The minimum Gasteiger partial charge on any atom is -0.390 e. The Kier molecular flexibility index (Phi) is 4.50. The lowest BCUT2D eigenvalue weighted by molar-refractivity contribution is -0.117. The normalized spacial score (nSPS) is 26.0. The van der Waals surface area contributed by atoms with E-state index in [9.17, 15) is 10.2 Å². The summed E-state index contributed by atoms with van der Waals surface area (Å²) in [5, 5.41) is 19.3. The van der Waals surface area contributed by atoms with Crippen LogP contribution in [0.3, 0.4) is 0 Å². The van der Waals surface area contributed by atoms with Gasteiger partial charge in [-0.1, -0.05) is 30.3 Å². The second-order valence-corrected chi connectivity index (χ2v) is 4.28. The van der Waals surface area contributed by atoms with Gasteiger partial charge in [0.05, 0.1) is 25.9 Å². The van der Waals surface area contributed by atoms with E-state index in [2.05, 4.69) is 0 Å². The van der Waals surface area contributed by atoms with Crippen LogP contribution in [0.4, 0.5) is 0 Å². The van der Waals surface area contributed by atoms with E-state index in [0.29, 0.717) is 19.6 Å². The molecule has 0 amide bonds. The van der Waals surface area contributed by atoms with Crippen LogP contribution in [0.5, 0.6) is 0 Å². The molecule has 1 aromatic rings. The van der Waals surface area contributed by atoms with E-state index in [1.807, 2.05) is 30.3 Å². The minimum atomic E-state index is -0.856. The lowest BCUT2D eigenvalue weighted by Crippen LogP contribution is -2.31. The third-order valence-corrected chi connectivity index (χ3v) is 3.00. The van der Waals surface area contributed by atoms with Crippen LogP contribution >= 0.6 is 0 Å². The van der Waals surface area contributed by atoms with E-state index in [0.717, 1.165) is 5.56 Å². The highest BCUT2D eigenvalue weighted by Crippen LogP contribution is 2.22. The Balaban J connectivity index is 1.71. The van der Waals surface area contributed by atoms with Gasteiger partial charge in [-0.05, 0) is 12.0 Å². The summed E-state index contributed by atoms with van der Waals surface area (Å²) in [4.78, 5) is 0. The number of rotatable bonds is 5. The van der Waals surface area contributed by atoms with Gasteiger partial charge in [-0.25, -0.2) is 0 Å². The first kappa shape index (κ1) is 12.5. The molecule has 94 valence electrons. The lowest BCUT2D eigenvalue weighted by Gasteiger charge is -2.19. The van der Waals surface area contributed by atoms with E-state index >= 15 is 0 Å². The summed E-state index contributed by atoms with van der Waals surface area (Å²) in [5.74, 6) is -0.231. The molecule has 3 atom stereocenters. The molecular formula is C13H18O4. The molecule has 0 aromatic heterocycles. The first-order valence-corrected chi connectivity index (χ1v) is 5.87. The van der Waals surface area contributed by atoms with Gasteiger partial charge < -0.3 is 19.7 Å². The van der Waals surface area contributed by atoms with Crippen LogP contribution in [0, 0.1) is 5.92 Å². The molecule has 2 unspecified atom stereocenters. The Bertz CT molecular complexity index is 327. The van der Waals surface area contributed by atoms with E-state index in [1.165, 1.54) is 0 Å². The second kappa shape index (κ2) is 6.12. The molecule has 4 heteroatoms. The van der Waals surface area contributed by atoms with Crippen molar-refractivity contribution < 1.29 is 19.7 Å². The van der Waals surface area contributed by atoms with Crippen LogP contribution in [-0.2, 0) is 16.1 Å². The van der Waals surface area contributed by atoms with Gasteiger partial charge in [0.1, 0.15) is 0 Å². The Morgan fingerprint density at radius 3 is 2.76 bits per heavy atom.